The molecule has 0 unspecified atom stereocenters. The minimum Gasteiger partial charge on any atom is -0.466 e. The van der Waals surface area contributed by atoms with E-state index in [4.69, 9.17) is 9.15 Å². The predicted octanol–water partition coefficient (Wildman–Crippen LogP) is 4.03. The molecule has 30 heavy (non-hydrogen) atoms. The Kier molecular flexibility index (Phi) is 6.12. The van der Waals surface area contributed by atoms with Gasteiger partial charge in [-0.05, 0) is 49.9 Å². The molecule has 1 aromatic heterocycles. The maximum absolute atomic E-state index is 13.0. The van der Waals surface area contributed by atoms with E-state index in [9.17, 15) is 9.59 Å². The van der Waals surface area contributed by atoms with Crippen LogP contribution in [0.25, 0.3) is 11.1 Å². The number of carbonyl (C=O) groups is 2. The van der Waals surface area contributed by atoms with E-state index in [1.54, 1.807) is 30.0 Å². The van der Waals surface area contributed by atoms with Crippen LogP contribution < -0.4 is 0 Å². The number of oxazole rings is 1. The number of aromatic nitrogens is 1. The van der Waals surface area contributed by atoms with Crippen LogP contribution in [-0.4, -0.2) is 41.5 Å². The van der Waals surface area contributed by atoms with Gasteiger partial charge in [0.1, 0.15) is 5.52 Å². The first kappa shape index (κ1) is 20.1. The molecule has 1 saturated heterocycles. The van der Waals surface area contributed by atoms with Crippen molar-refractivity contribution in [2.24, 2.45) is 5.92 Å². The molecule has 2 heterocycles. The highest BCUT2D eigenvalue weighted by Crippen LogP contribution is 2.23. The summed E-state index contributed by atoms with van der Waals surface area (Å²) in [5.74, 6) is 0.117. The third-order valence-corrected chi connectivity index (χ3v) is 5.48. The molecule has 1 fully saturated rings. The van der Waals surface area contributed by atoms with Crippen molar-refractivity contribution in [3.8, 4) is 0 Å². The summed E-state index contributed by atoms with van der Waals surface area (Å²) >= 11 is 0. The second kappa shape index (κ2) is 9.11. The van der Waals surface area contributed by atoms with Crippen molar-refractivity contribution in [1.29, 1.82) is 0 Å². The molecule has 3 aromatic rings. The lowest BCUT2D eigenvalue weighted by atomic mass is 9.97. The minimum absolute atomic E-state index is 0.0836. The maximum atomic E-state index is 13.0. The lowest BCUT2D eigenvalue weighted by Crippen LogP contribution is -2.42. The molecule has 1 aliphatic rings. The Labute approximate surface area is 175 Å². The molecule has 4 rings (SSSR count). The number of piperidine rings is 1. The molecule has 0 N–H and O–H groups in total. The van der Waals surface area contributed by atoms with Crippen molar-refractivity contribution < 1.29 is 18.7 Å². The average Bonchev–Trinajstić information content (AvgIpc) is 3.20. The largest absolute Gasteiger partial charge is 0.466 e. The number of carbonyl (C=O) groups excluding carboxylic acids is 2. The number of rotatable bonds is 6. The van der Waals surface area contributed by atoms with Gasteiger partial charge in [0.2, 0.25) is 0 Å². The molecule has 1 amide bonds. The molecular weight excluding hydrogens is 380 g/mol. The number of amides is 1. The van der Waals surface area contributed by atoms with E-state index >= 15 is 0 Å². The second-order valence-corrected chi connectivity index (χ2v) is 7.62. The van der Waals surface area contributed by atoms with E-state index in [1.165, 1.54) is 5.56 Å². The summed E-state index contributed by atoms with van der Waals surface area (Å²) in [7, 11) is 0. The minimum atomic E-state index is -0.247. The molecule has 156 valence electrons. The monoisotopic (exact) mass is 406 g/mol. The van der Waals surface area contributed by atoms with E-state index < -0.39 is 0 Å². The second-order valence-electron chi connectivity index (χ2n) is 7.62. The van der Waals surface area contributed by atoms with Crippen LogP contribution in [0.15, 0.2) is 52.9 Å². The number of aryl methyl sites for hydroxylation is 2. The highest BCUT2D eigenvalue weighted by molar-refractivity contribution is 5.97. The molecule has 6 nitrogen and oxygen atoms in total. The van der Waals surface area contributed by atoms with Crippen molar-refractivity contribution >= 4 is 23.0 Å². The Hall–Kier alpha value is -3.15. The van der Waals surface area contributed by atoms with Gasteiger partial charge in [0.25, 0.3) is 5.91 Å². The molecule has 0 saturated carbocycles. The fraction of sp³-hybridized carbons (Fsp3) is 0.375. The lowest BCUT2D eigenvalue weighted by Gasteiger charge is -2.31. The molecule has 0 radical (unpaired) electrons. The molecule has 0 bridgehead atoms. The Bertz CT molecular complexity index is 1030. The van der Waals surface area contributed by atoms with Gasteiger partial charge >= 0.3 is 5.97 Å². The number of nitrogens with zero attached hydrogens (tertiary/aromatic N) is 2. The molecule has 2 aromatic carbocycles. The first-order chi connectivity index (χ1) is 14.6. The fourth-order valence-electron chi connectivity index (χ4n) is 3.91. The fourth-order valence-corrected chi connectivity index (χ4v) is 3.91. The van der Waals surface area contributed by atoms with Crippen molar-refractivity contribution in [3.63, 3.8) is 0 Å². The van der Waals surface area contributed by atoms with Gasteiger partial charge in [-0.1, -0.05) is 30.3 Å². The van der Waals surface area contributed by atoms with Crippen molar-refractivity contribution in [3.05, 3.63) is 65.5 Å². The zero-order valence-electron chi connectivity index (χ0n) is 17.2. The van der Waals surface area contributed by atoms with Gasteiger partial charge in [-0.3, -0.25) is 9.59 Å². The van der Waals surface area contributed by atoms with Crippen LogP contribution in [0.5, 0.6) is 0 Å². The molecule has 6 heteroatoms. The first-order valence-corrected chi connectivity index (χ1v) is 10.5. The molecule has 1 aliphatic heterocycles. The summed E-state index contributed by atoms with van der Waals surface area (Å²) < 4.78 is 11.0. The topological polar surface area (TPSA) is 72.6 Å². The van der Waals surface area contributed by atoms with E-state index in [1.807, 2.05) is 18.2 Å². The Balaban J connectivity index is 1.45. The van der Waals surface area contributed by atoms with E-state index in [0.29, 0.717) is 48.7 Å². The van der Waals surface area contributed by atoms with E-state index in [0.717, 1.165) is 19.3 Å². The standard InChI is InChI=1S/C24H26N2O4/c1-2-29-24(28)19-9-6-14-26(16-19)23(27)18-11-12-21-20(15-18)25-22(30-21)13-10-17-7-4-3-5-8-17/h3-5,7-8,11-12,15,19H,2,6,9-10,13-14,16H2,1H3/t19-/m1/s1. The summed E-state index contributed by atoms with van der Waals surface area (Å²) in [6.07, 6.45) is 3.11. The summed E-state index contributed by atoms with van der Waals surface area (Å²) in [4.78, 5) is 31.4. The molecule has 0 aliphatic carbocycles. The zero-order chi connectivity index (χ0) is 20.9. The van der Waals surface area contributed by atoms with Crippen LogP contribution in [0, 0.1) is 5.92 Å². The van der Waals surface area contributed by atoms with E-state index in [-0.39, 0.29) is 17.8 Å². The van der Waals surface area contributed by atoms with Crippen LogP contribution in [0.4, 0.5) is 0 Å². The van der Waals surface area contributed by atoms with Gasteiger partial charge in [0, 0.05) is 25.1 Å². The van der Waals surface area contributed by atoms with Gasteiger partial charge in [-0.2, -0.15) is 0 Å². The molecule has 1 atom stereocenters. The SMILES string of the molecule is CCOC(=O)[C@@H]1CCCN(C(=O)c2ccc3oc(CCc4ccccc4)nc3c2)C1. The van der Waals surface area contributed by atoms with Crippen LogP contribution in [-0.2, 0) is 22.4 Å². The third kappa shape index (κ3) is 4.53. The summed E-state index contributed by atoms with van der Waals surface area (Å²) in [6.45, 7) is 3.20. The van der Waals surface area contributed by atoms with Gasteiger partial charge in [-0.15, -0.1) is 0 Å². The highest BCUT2D eigenvalue weighted by atomic mass is 16.5. The van der Waals surface area contributed by atoms with Gasteiger partial charge in [0.15, 0.2) is 11.5 Å². The summed E-state index contributed by atoms with van der Waals surface area (Å²) in [5, 5.41) is 0. The first-order valence-electron chi connectivity index (χ1n) is 10.5. The molecule has 0 spiro atoms. The quantitative estimate of drug-likeness (QED) is 0.578. The van der Waals surface area contributed by atoms with Crippen LogP contribution in [0.1, 0.15) is 41.6 Å². The maximum Gasteiger partial charge on any atom is 0.310 e. The highest BCUT2D eigenvalue weighted by Gasteiger charge is 2.30. The number of hydrogen-bond acceptors (Lipinski definition) is 5. The van der Waals surface area contributed by atoms with Gasteiger partial charge in [0.05, 0.1) is 12.5 Å². The number of ether oxygens (including phenoxy) is 1. The van der Waals surface area contributed by atoms with Crippen molar-refractivity contribution in [1.82, 2.24) is 9.88 Å². The molecular formula is C24H26N2O4. The average molecular weight is 406 g/mol. The van der Waals surface area contributed by atoms with E-state index in [2.05, 4.69) is 17.1 Å². The number of likely N-dealkylation sites (tertiary alicyclic amines) is 1. The Morgan fingerprint density at radius 2 is 2.00 bits per heavy atom. The van der Waals surface area contributed by atoms with Crippen molar-refractivity contribution in [2.75, 3.05) is 19.7 Å². The number of benzene rings is 2. The zero-order valence-corrected chi connectivity index (χ0v) is 17.2. The van der Waals surface area contributed by atoms with Crippen LogP contribution in [0.3, 0.4) is 0 Å². The number of fused-ring (bicyclic) bond motifs is 1. The van der Waals surface area contributed by atoms with Crippen LogP contribution >= 0.6 is 0 Å². The number of esters is 1. The van der Waals surface area contributed by atoms with Gasteiger partial charge in [-0.25, -0.2) is 4.98 Å². The number of hydrogen-bond donors (Lipinski definition) is 0. The lowest BCUT2D eigenvalue weighted by molar-refractivity contribution is -0.149. The Morgan fingerprint density at radius 1 is 1.17 bits per heavy atom. The van der Waals surface area contributed by atoms with Crippen molar-refractivity contribution in [2.45, 2.75) is 32.6 Å². The van der Waals surface area contributed by atoms with Crippen LogP contribution in [0.2, 0.25) is 0 Å². The summed E-state index contributed by atoms with van der Waals surface area (Å²) in [6, 6.07) is 15.6. The Morgan fingerprint density at radius 3 is 2.80 bits per heavy atom. The third-order valence-electron chi connectivity index (χ3n) is 5.48. The normalized spacial score (nSPS) is 16.6. The summed E-state index contributed by atoms with van der Waals surface area (Å²) in [5.41, 5.74) is 3.16. The van der Waals surface area contributed by atoms with Gasteiger partial charge < -0.3 is 14.1 Å². The smallest absolute Gasteiger partial charge is 0.310 e. The predicted molar refractivity (Wildman–Crippen MR) is 113 cm³/mol.